The quantitative estimate of drug-likeness (QED) is 0.720. The van der Waals surface area contributed by atoms with Gasteiger partial charge in [-0.3, -0.25) is 4.79 Å². The van der Waals surface area contributed by atoms with Gasteiger partial charge in [-0.25, -0.2) is 0 Å². The van der Waals surface area contributed by atoms with E-state index in [0.717, 1.165) is 0 Å². The highest BCUT2D eigenvalue weighted by Gasteiger charge is 2.30. The van der Waals surface area contributed by atoms with Crippen molar-refractivity contribution in [2.45, 2.75) is 25.1 Å². The molecule has 0 saturated carbocycles. The summed E-state index contributed by atoms with van der Waals surface area (Å²) in [5, 5.41) is 8.56. The van der Waals surface area contributed by atoms with E-state index in [1.807, 2.05) is 6.07 Å². The average molecular weight is 236 g/mol. The summed E-state index contributed by atoms with van der Waals surface area (Å²) < 4.78 is 40.6. The van der Waals surface area contributed by atoms with Gasteiger partial charge in [0.25, 0.3) is 0 Å². The topological polar surface area (TPSA) is 53.3 Å². The van der Waals surface area contributed by atoms with Crippen molar-refractivity contribution in [2.24, 2.45) is 0 Å². The summed E-state index contributed by atoms with van der Waals surface area (Å²) in [5.41, 5.74) is 0. The molecule has 1 saturated heterocycles. The highest BCUT2D eigenvalue weighted by molar-refractivity contribution is 5.76. The van der Waals surface area contributed by atoms with Gasteiger partial charge in [0.05, 0.1) is 25.6 Å². The van der Waals surface area contributed by atoms with Crippen molar-refractivity contribution in [2.75, 3.05) is 19.7 Å². The van der Waals surface area contributed by atoms with Crippen LogP contribution < -0.4 is 0 Å². The summed E-state index contributed by atoms with van der Waals surface area (Å²) in [7, 11) is 0. The van der Waals surface area contributed by atoms with E-state index in [4.69, 9.17) is 10.00 Å². The maximum atomic E-state index is 11.9. The van der Waals surface area contributed by atoms with Gasteiger partial charge in [-0.05, 0) is 0 Å². The molecule has 7 heteroatoms. The average Bonchev–Trinajstić information content (AvgIpc) is 2.25. The van der Waals surface area contributed by atoms with Gasteiger partial charge in [0.1, 0.15) is 0 Å². The van der Waals surface area contributed by atoms with Crippen LogP contribution in [0.15, 0.2) is 0 Å². The fraction of sp³-hybridized carbons (Fsp3) is 0.778. The van der Waals surface area contributed by atoms with Gasteiger partial charge in [0.15, 0.2) is 6.10 Å². The van der Waals surface area contributed by atoms with Crippen LogP contribution in [0, 0.1) is 11.3 Å². The van der Waals surface area contributed by atoms with Crippen molar-refractivity contribution in [3.8, 4) is 6.07 Å². The molecule has 0 aromatic carbocycles. The maximum absolute atomic E-state index is 11.9. The monoisotopic (exact) mass is 236 g/mol. The Balaban J connectivity index is 2.39. The first-order valence-electron chi connectivity index (χ1n) is 4.78. The third-order valence-electron chi connectivity index (χ3n) is 2.19. The Kier molecular flexibility index (Phi) is 4.12. The number of nitrogens with zero attached hydrogens (tertiary/aromatic N) is 2. The maximum Gasteiger partial charge on any atom is 0.389 e. The minimum absolute atomic E-state index is 0.0488. The summed E-state index contributed by atoms with van der Waals surface area (Å²) in [6, 6.07) is 1.82. The lowest BCUT2D eigenvalue weighted by molar-refractivity contribution is -0.152. The van der Waals surface area contributed by atoms with E-state index < -0.39 is 31.0 Å². The van der Waals surface area contributed by atoms with Crippen LogP contribution in [-0.2, 0) is 9.53 Å². The first-order valence-corrected chi connectivity index (χ1v) is 4.78. The summed E-state index contributed by atoms with van der Waals surface area (Å²) in [6.45, 7) is 0.484. The molecule has 0 spiro atoms. The number of carbonyl (C=O) groups is 1. The number of ether oxygens (including phenoxy) is 1. The summed E-state index contributed by atoms with van der Waals surface area (Å²) >= 11 is 0. The number of hydrogen-bond acceptors (Lipinski definition) is 3. The standard InChI is InChI=1S/C9H11F3N2O2/c10-9(11,12)2-1-8(15)14-3-4-16-7(5-13)6-14/h7H,1-4,6H2. The number of carbonyl (C=O) groups excluding carboxylic acids is 1. The van der Waals surface area contributed by atoms with Crippen LogP contribution in [0.1, 0.15) is 12.8 Å². The lowest BCUT2D eigenvalue weighted by Gasteiger charge is -2.29. The minimum atomic E-state index is -4.32. The van der Waals surface area contributed by atoms with Crippen LogP contribution in [0.3, 0.4) is 0 Å². The Labute approximate surface area is 90.6 Å². The minimum Gasteiger partial charge on any atom is -0.360 e. The first-order chi connectivity index (χ1) is 7.42. The molecule has 1 unspecified atom stereocenters. The third kappa shape index (κ3) is 4.06. The number of halogens is 3. The van der Waals surface area contributed by atoms with Crippen molar-refractivity contribution < 1.29 is 22.7 Å². The number of amides is 1. The van der Waals surface area contributed by atoms with Crippen LogP contribution in [0.2, 0.25) is 0 Å². The van der Waals surface area contributed by atoms with E-state index in [1.165, 1.54) is 4.90 Å². The lowest BCUT2D eigenvalue weighted by Crippen LogP contribution is -2.45. The Hall–Kier alpha value is -1.29. The number of morpholine rings is 1. The molecule has 4 nitrogen and oxygen atoms in total. The van der Waals surface area contributed by atoms with E-state index in [0.29, 0.717) is 0 Å². The van der Waals surface area contributed by atoms with Gasteiger partial charge in [-0.15, -0.1) is 0 Å². The number of hydrogen-bond donors (Lipinski definition) is 0. The summed E-state index contributed by atoms with van der Waals surface area (Å²) in [6.07, 6.45) is -6.75. The molecule has 1 fully saturated rings. The normalized spacial score (nSPS) is 21.6. The zero-order chi connectivity index (χ0) is 12.2. The molecule has 0 aromatic rings. The zero-order valence-electron chi connectivity index (χ0n) is 8.46. The summed E-state index contributed by atoms with van der Waals surface area (Å²) in [5.74, 6) is -0.583. The van der Waals surface area contributed by atoms with Gasteiger partial charge in [-0.1, -0.05) is 0 Å². The molecular weight excluding hydrogens is 225 g/mol. The van der Waals surface area contributed by atoms with E-state index >= 15 is 0 Å². The van der Waals surface area contributed by atoms with E-state index in [9.17, 15) is 18.0 Å². The molecule has 1 aliphatic rings. The van der Waals surface area contributed by atoms with Gasteiger partial charge < -0.3 is 9.64 Å². The van der Waals surface area contributed by atoms with Crippen molar-refractivity contribution in [1.82, 2.24) is 4.90 Å². The Morgan fingerprint density at radius 3 is 2.81 bits per heavy atom. The third-order valence-corrected chi connectivity index (χ3v) is 2.19. The Morgan fingerprint density at radius 2 is 2.25 bits per heavy atom. The molecule has 1 rings (SSSR count). The molecule has 1 atom stereocenters. The highest BCUT2D eigenvalue weighted by Crippen LogP contribution is 2.22. The highest BCUT2D eigenvalue weighted by atomic mass is 19.4. The van der Waals surface area contributed by atoms with Crippen molar-refractivity contribution in [3.63, 3.8) is 0 Å². The molecule has 1 heterocycles. The second kappa shape index (κ2) is 5.16. The van der Waals surface area contributed by atoms with E-state index in [1.54, 1.807) is 0 Å². The van der Waals surface area contributed by atoms with Crippen molar-refractivity contribution in [3.05, 3.63) is 0 Å². The molecule has 1 aliphatic heterocycles. The van der Waals surface area contributed by atoms with Gasteiger partial charge in [-0.2, -0.15) is 18.4 Å². The fourth-order valence-electron chi connectivity index (χ4n) is 1.36. The molecule has 1 amide bonds. The molecule has 0 aromatic heterocycles. The molecule has 16 heavy (non-hydrogen) atoms. The second-order valence-electron chi connectivity index (χ2n) is 3.44. The SMILES string of the molecule is N#CC1CN(C(=O)CCC(F)(F)F)CCO1. The number of alkyl halides is 3. The molecule has 90 valence electrons. The molecule has 0 bridgehead atoms. The molecule has 0 radical (unpaired) electrons. The Bertz CT molecular complexity index is 298. The predicted molar refractivity (Wildman–Crippen MR) is 47.2 cm³/mol. The predicted octanol–water partition coefficient (Wildman–Crippen LogP) is 1.08. The Morgan fingerprint density at radius 1 is 1.56 bits per heavy atom. The van der Waals surface area contributed by atoms with Crippen LogP contribution >= 0.6 is 0 Å². The van der Waals surface area contributed by atoms with Crippen LogP contribution in [0.25, 0.3) is 0 Å². The first kappa shape index (κ1) is 12.8. The summed E-state index contributed by atoms with van der Waals surface area (Å²) in [4.78, 5) is 12.6. The fourth-order valence-corrected chi connectivity index (χ4v) is 1.36. The number of nitriles is 1. The van der Waals surface area contributed by atoms with Crippen molar-refractivity contribution in [1.29, 1.82) is 5.26 Å². The smallest absolute Gasteiger partial charge is 0.360 e. The van der Waals surface area contributed by atoms with Crippen LogP contribution in [0.5, 0.6) is 0 Å². The zero-order valence-corrected chi connectivity index (χ0v) is 8.46. The molecule has 0 N–H and O–H groups in total. The van der Waals surface area contributed by atoms with Gasteiger partial charge in [0, 0.05) is 13.0 Å². The van der Waals surface area contributed by atoms with Crippen LogP contribution in [-0.4, -0.2) is 42.8 Å². The van der Waals surface area contributed by atoms with E-state index in [2.05, 4.69) is 0 Å². The molecular formula is C9H11F3N2O2. The number of rotatable bonds is 2. The second-order valence-corrected chi connectivity index (χ2v) is 3.44. The molecule has 0 aliphatic carbocycles. The van der Waals surface area contributed by atoms with Gasteiger partial charge in [0.2, 0.25) is 5.91 Å². The van der Waals surface area contributed by atoms with E-state index in [-0.39, 0.29) is 19.7 Å². The largest absolute Gasteiger partial charge is 0.389 e. The lowest BCUT2D eigenvalue weighted by atomic mass is 10.2. The van der Waals surface area contributed by atoms with Crippen LogP contribution in [0.4, 0.5) is 13.2 Å². The van der Waals surface area contributed by atoms with Crippen molar-refractivity contribution >= 4 is 5.91 Å². The van der Waals surface area contributed by atoms with Gasteiger partial charge >= 0.3 is 6.18 Å².